The molecule has 1 amide bonds. The van der Waals surface area contributed by atoms with Crippen LogP contribution in [0.5, 0.6) is 0 Å². The Balaban J connectivity index is 1.85. The normalized spacial score (nSPS) is 10.5. The molecule has 3 rings (SSSR count). The molecule has 0 atom stereocenters. The molecular weight excluding hydrogens is 296 g/mol. The van der Waals surface area contributed by atoms with Crippen molar-refractivity contribution in [3.8, 4) is 11.4 Å². The summed E-state index contributed by atoms with van der Waals surface area (Å²) in [7, 11) is 0. The third-order valence-corrected chi connectivity index (χ3v) is 3.88. The summed E-state index contributed by atoms with van der Waals surface area (Å²) in [6, 6.07) is 7.97. The Morgan fingerprint density at radius 2 is 1.91 bits per heavy atom. The molecule has 0 radical (unpaired) electrons. The fourth-order valence-electron chi connectivity index (χ4n) is 1.98. The van der Waals surface area contributed by atoms with Gasteiger partial charge in [0, 0.05) is 23.3 Å². The minimum Gasteiger partial charge on any atom is -0.298 e. The summed E-state index contributed by atoms with van der Waals surface area (Å²) in [5.41, 5.74) is 3.20. The molecule has 0 aliphatic rings. The van der Waals surface area contributed by atoms with Crippen molar-refractivity contribution in [3.05, 3.63) is 58.9 Å². The number of aromatic nitrogens is 3. The summed E-state index contributed by atoms with van der Waals surface area (Å²) in [6.07, 6.45) is 3.20. The fraction of sp³-hybridized carbons (Fsp3) is 0.125. The van der Waals surface area contributed by atoms with Crippen molar-refractivity contribution >= 4 is 22.4 Å². The van der Waals surface area contributed by atoms with E-state index in [4.69, 9.17) is 0 Å². The van der Waals surface area contributed by atoms with Gasteiger partial charge in [0.1, 0.15) is 0 Å². The van der Waals surface area contributed by atoms with Crippen molar-refractivity contribution in [2.45, 2.75) is 13.8 Å². The molecule has 0 saturated carbocycles. The first-order valence-corrected chi connectivity index (χ1v) is 7.63. The number of thiazole rings is 1. The molecule has 2 aromatic heterocycles. The quantitative estimate of drug-likeness (QED) is 0.804. The number of nitrogens with zero attached hydrogens (tertiary/aromatic N) is 3. The highest BCUT2D eigenvalue weighted by Gasteiger charge is 2.13. The molecule has 2 heterocycles. The van der Waals surface area contributed by atoms with Crippen LogP contribution in [0.15, 0.2) is 42.0 Å². The Kier molecular flexibility index (Phi) is 3.93. The van der Waals surface area contributed by atoms with Crippen LogP contribution in [0.2, 0.25) is 0 Å². The molecule has 3 aromatic rings. The summed E-state index contributed by atoms with van der Waals surface area (Å²) in [5.74, 6) is 0.367. The van der Waals surface area contributed by atoms with Crippen LogP contribution in [-0.2, 0) is 0 Å². The lowest BCUT2D eigenvalue weighted by molar-refractivity contribution is 0.102. The average molecular weight is 310 g/mol. The van der Waals surface area contributed by atoms with Crippen LogP contribution >= 0.6 is 11.3 Å². The van der Waals surface area contributed by atoms with Crippen LogP contribution in [0.1, 0.15) is 21.6 Å². The Morgan fingerprint density at radius 3 is 2.55 bits per heavy atom. The third kappa shape index (κ3) is 3.01. The van der Waals surface area contributed by atoms with E-state index in [1.54, 1.807) is 24.7 Å². The smallest absolute Gasteiger partial charge is 0.260 e. The number of benzene rings is 1. The summed E-state index contributed by atoms with van der Waals surface area (Å²) < 4.78 is 0. The van der Waals surface area contributed by atoms with Crippen molar-refractivity contribution < 1.29 is 4.79 Å². The Hall–Kier alpha value is -2.60. The van der Waals surface area contributed by atoms with Gasteiger partial charge in [0.2, 0.25) is 0 Å². The molecule has 1 N–H and O–H groups in total. The van der Waals surface area contributed by atoms with Gasteiger partial charge in [-0.05, 0) is 13.8 Å². The maximum absolute atomic E-state index is 12.2. The molecule has 1 aromatic carbocycles. The topological polar surface area (TPSA) is 67.8 Å². The lowest BCUT2D eigenvalue weighted by Gasteiger charge is -2.07. The second kappa shape index (κ2) is 6.03. The van der Waals surface area contributed by atoms with E-state index in [1.807, 2.05) is 31.2 Å². The number of nitrogens with one attached hydrogen (secondary N) is 1. The molecule has 6 heteroatoms. The molecule has 0 aliphatic carbocycles. The van der Waals surface area contributed by atoms with Crippen LogP contribution < -0.4 is 5.32 Å². The zero-order chi connectivity index (χ0) is 15.5. The second-order valence-electron chi connectivity index (χ2n) is 4.85. The van der Waals surface area contributed by atoms with Gasteiger partial charge in [0.25, 0.3) is 5.91 Å². The predicted molar refractivity (Wildman–Crippen MR) is 87.0 cm³/mol. The molecule has 0 bridgehead atoms. The van der Waals surface area contributed by atoms with Gasteiger partial charge in [-0.15, -0.1) is 11.3 Å². The van der Waals surface area contributed by atoms with Gasteiger partial charge in [-0.25, -0.2) is 15.0 Å². The minimum atomic E-state index is -0.247. The molecule has 0 saturated heterocycles. The second-order valence-corrected chi connectivity index (χ2v) is 5.74. The van der Waals surface area contributed by atoms with E-state index in [9.17, 15) is 4.79 Å². The van der Waals surface area contributed by atoms with E-state index < -0.39 is 0 Å². The van der Waals surface area contributed by atoms with Gasteiger partial charge in [0.05, 0.1) is 11.3 Å². The van der Waals surface area contributed by atoms with Crippen molar-refractivity contribution in [2.75, 3.05) is 5.32 Å². The molecule has 0 unspecified atom stereocenters. The molecule has 0 fully saturated rings. The third-order valence-electron chi connectivity index (χ3n) is 3.19. The van der Waals surface area contributed by atoms with Crippen molar-refractivity contribution in [2.24, 2.45) is 0 Å². The zero-order valence-corrected chi connectivity index (χ0v) is 13.0. The minimum absolute atomic E-state index is 0.247. The Morgan fingerprint density at radius 1 is 1.14 bits per heavy atom. The standard InChI is InChI=1S/C16H14N4OS/c1-10-3-5-12(6-4-10)14-18-9-13(11(2)19-14)15(21)20-16-17-7-8-22-16/h3-9H,1-2H3,(H,17,20,21). The summed E-state index contributed by atoms with van der Waals surface area (Å²) in [5, 5.41) is 5.10. The van der Waals surface area contributed by atoms with Crippen LogP contribution in [0.4, 0.5) is 5.13 Å². The van der Waals surface area contributed by atoms with Gasteiger partial charge in [-0.1, -0.05) is 29.8 Å². The van der Waals surface area contributed by atoms with E-state index >= 15 is 0 Å². The molecule has 22 heavy (non-hydrogen) atoms. The number of anilines is 1. The highest BCUT2D eigenvalue weighted by molar-refractivity contribution is 7.13. The SMILES string of the molecule is Cc1ccc(-c2ncc(C(=O)Nc3nccs3)c(C)n2)cc1. The molecule has 110 valence electrons. The lowest BCUT2D eigenvalue weighted by atomic mass is 10.1. The maximum atomic E-state index is 12.2. The highest BCUT2D eigenvalue weighted by Crippen LogP contribution is 2.18. The summed E-state index contributed by atoms with van der Waals surface area (Å²) >= 11 is 1.37. The van der Waals surface area contributed by atoms with Crippen LogP contribution in [-0.4, -0.2) is 20.9 Å². The van der Waals surface area contributed by atoms with Gasteiger partial charge >= 0.3 is 0 Å². The molecular formula is C16H14N4OS. The number of hydrogen-bond acceptors (Lipinski definition) is 5. The van der Waals surface area contributed by atoms with E-state index in [0.29, 0.717) is 22.2 Å². The number of rotatable bonds is 3. The maximum Gasteiger partial charge on any atom is 0.260 e. The first-order chi connectivity index (χ1) is 10.6. The number of aryl methyl sites for hydroxylation is 2. The summed E-state index contributed by atoms with van der Waals surface area (Å²) in [4.78, 5) is 25.0. The van der Waals surface area contributed by atoms with E-state index in [2.05, 4.69) is 20.3 Å². The van der Waals surface area contributed by atoms with Crippen molar-refractivity contribution in [1.82, 2.24) is 15.0 Å². The van der Waals surface area contributed by atoms with Crippen LogP contribution in [0.25, 0.3) is 11.4 Å². The highest BCUT2D eigenvalue weighted by atomic mass is 32.1. The van der Waals surface area contributed by atoms with Gasteiger partial charge in [-0.2, -0.15) is 0 Å². The fourth-order valence-corrected chi connectivity index (χ4v) is 2.51. The van der Waals surface area contributed by atoms with Gasteiger partial charge in [0.15, 0.2) is 11.0 Å². The van der Waals surface area contributed by atoms with Gasteiger partial charge < -0.3 is 0 Å². The molecule has 5 nitrogen and oxygen atoms in total. The molecule has 0 aliphatic heterocycles. The van der Waals surface area contributed by atoms with Gasteiger partial charge in [-0.3, -0.25) is 10.1 Å². The van der Waals surface area contributed by atoms with Crippen LogP contribution in [0.3, 0.4) is 0 Å². The monoisotopic (exact) mass is 310 g/mol. The van der Waals surface area contributed by atoms with E-state index in [1.165, 1.54) is 16.9 Å². The Bertz CT molecular complexity index is 798. The first-order valence-electron chi connectivity index (χ1n) is 6.75. The zero-order valence-electron chi connectivity index (χ0n) is 12.2. The van der Waals surface area contributed by atoms with Crippen molar-refractivity contribution in [1.29, 1.82) is 0 Å². The number of carbonyl (C=O) groups excluding carboxylic acids is 1. The van der Waals surface area contributed by atoms with E-state index in [0.717, 1.165) is 5.56 Å². The lowest BCUT2D eigenvalue weighted by Crippen LogP contribution is -2.14. The predicted octanol–water partition coefficient (Wildman–Crippen LogP) is 3.47. The van der Waals surface area contributed by atoms with E-state index in [-0.39, 0.29) is 5.91 Å². The Labute approximate surface area is 132 Å². The molecule has 0 spiro atoms. The number of amides is 1. The number of carbonyl (C=O) groups is 1. The largest absolute Gasteiger partial charge is 0.298 e. The summed E-state index contributed by atoms with van der Waals surface area (Å²) in [6.45, 7) is 3.83. The van der Waals surface area contributed by atoms with Crippen molar-refractivity contribution in [3.63, 3.8) is 0 Å². The average Bonchev–Trinajstić information content (AvgIpc) is 3.00. The first kappa shape index (κ1) is 14.3. The van der Waals surface area contributed by atoms with Crippen LogP contribution in [0, 0.1) is 13.8 Å². The number of hydrogen-bond donors (Lipinski definition) is 1.